The molecule has 0 amide bonds. The van der Waals surface area contributed by atoms with Gasteiger partial charge in [0.05, 0.1) is 6.61 Å². The van der Waals surface area contributed by atoms with Crippen LogP contribution in [0.5, 0.6) is 0 Å². The molecule has 1 heterocycles. The number of aliphatic hydroxyl groups excluding tert-OH is 1. The number of benzene rings is 1. The van der Waals surface area contributed by atoms with Crippen LogP contribution in [0.2, 0.25) is 0 Å². The van der Waals surface area contributed by atoms with Crippen LogP contribution >= 0.6 is 0 Å². The van der Waals surface area contributed by atoms with Crippen molar-refractivity contribution in [1.82, 2.24) is 4.98 Å². The van der Waals surface area contributed by atoms with Crippen LogP contribution < -0.4 is 0 Å². The minimum Gasteiger partial charge on any atom is -0.463 e. The van der Waals surface area contributed by atoms with Gasteiger partial charge in [-0.15, -0.1) is 0 Å². The van der Waals surface area contributed by atoms with Crippen molar-refractivity contribution in [2.24, 2.45) is 0 Å². The maximum absolute atomic E-state index is 11.7. The number of carbonyl (C=O) groups is 1. The topological polar surface area (TPSA) is 59.4 Å². The lowest BCUT2D eigenvalue weighted by atomic mass is 9.89. The van der Waals surface area contributed by atoms with Gasteiger partial charge in [-0.05, 0) is 49.1 Å². The average Bonchev–Trinajstić information content (AvgIpc) is 2.61. The third-order valence-corrected chi connectivity index (χ3v) is 3.82. The zero-order chi connectivity index (χ0) is 17.4. The van der Waals surface area contributed by atoms with E-state index in [1.54, 1.807) is 20.0 Å². The van der Waals surface area contributed by atoms with Crippen LogP contribution in [0.1, 0.15) is 42.9 Å². The summed E-state index contributed by atoms with van der Waals surface area (Å²) in [5.41, 5.74) is 3.71. The zero-order valence-corrected chi connectivity index (χ0v) is 14.1. The van der Waals surface area contributed by atoms with E-state index in [0.717, 1.165) is 16.7 Å². The van der Waals surface area contributed by atoms with E-state index in [4.69, 9.17) is 4.74 Å². The van der Waals surface area contributed by atoms with E-state index in [2.05, 4.69) is 4.98 Å². The highest BCUT2D eigenvalue weighted by molar-refractivity contribution is 5.92. The Kier molecular flexibility index (Phi) is 6.70. The first kappa shape index (κ1) is 17.9. The minimum absolute atomic E-state index is 0.105. The molecular formula is C20H23NO3. The molecule has 0 aliphatic heterocycles. The number of hydrogen-bond acceptors (Lipinski definition) is 4. The molecule has 4 heteroatoms. The van der Waals surface area contributed by atoms with Gasteiger partial charge in [-0.3, -0.25) is 4.98 Å². The molecule has 0 aliphatic carbocycles. The summed E-state index contributed by atoms with van der Waals surface area (Å²) in [6.45, 7) is 4.02. The van der Waals surface area contributed by atoms with Gasteiger partial charge in [-0.25, -0.2) is 4.79 Å². The van der Waals surface area contributed by atoms with Crippen LogP contribution in [0.4, 0.5) is 0 Å². The number of pyridine rings is 1. The van der Waals surface area contributed by atoms with Crippen LogP contribution in [0, 0.1) is 0 Å². The van der Waals surface area contributed by atoms with Gasteiger partial charge < -0.3 is 9.84 Å². The predicted octanol–water partition coefficient (Wildman–Crippen LogP) is 3.56. The van der Waals surface area contributed by atoms with Crippen LogP contribution in [0.25, 0.3) is 6.08 Å². The summed E-state index contributed by atoms with van der Waals surface area (Å²) in [5.74, 6) is -0.192. The summed E-state index contributed by atoms with van der Waals surface area (Å²) in [5, 5.41) is 9.36. The molecule has 24 heavy (non-hydrogen) atoms. The van der Waals surface area contributed by atoms with Crippen LogP contribution in [-0.2, 0) is 9.53 Å². The quantitative estimate of drug-likeness (QED) is 0.624. The molecule has 0 saturated heterocycles. The van der Waals surface area contributed by atoms with Crippen molar-refractivity contribution in [2.45, 2.75) is 26.2 Å². The Morgan fingerprint density at radius 3 is 2.58 bits per heavy atom. The van der Waals surface area contributed by atoms with Gasteiger partial charge in [0.25, 0.3) is 0 Å². The van der Waals surface area contributed by atoms with E-state index in [0.29, 0.717) is 18.6 Å². The van der Waals surface area contributed by atoms with Crippen LogP contribution in [-0.4, -0.2) is 29.3 Å². The van der Waals surface area contributed by atoms with E-state index in [1.807, 2.05) is 48.7 Å². The summed E-state index contributed by atoms with van der Waals surface area (Å²) < 4.78 is 4.99. The average molecular weight is 325 g/mol. The van der Waals surface area contributed by atoms with Crippen molar-refractivity contribution in [2.75, 3.05) is 13.2 Å². The lowest BCUT2D eigenvalue weighted by molar-refractivity contribution is -0.138. The fourth-order valence-corrected chi connectivity index (χ4v) is 2.62. The SMILES string of the molecule is CCOC(=O)/C(C)=C/c1ccc(C(CCO)c2cccnc2)cc1. The second kappa shape index (κ2) is 8.99. The molecule has 1 atom stereocenters. The van der Waals surface area contributed by atoms with E-state index in [-0.39, 0.29) is 18.5 Å². The molecule has 0 saturated carbocycles. The maximum atomic E-state index is 11.7. The summed E-state index contributed by atoms with van der Waals surface area (Å²) in [7, 11) is 0. The van der Waals surface area contributed by atoms with Gasteiger partial charge in [0, 0.05) is 30.5 Å². The van der Waals surface area contributed by atoms with Gasteiger partial charge >= 0.3 is 5.97 Å². The standard InChI is InChI=1S/C20H23NO3/c1-3-24-20(23)15(2)13-16-6-8-17(9-7-16)19(10-12-22)18-5-4-11-21-14-18/h4-9,11,13-14,19,22H,3,10,12H2,1-2H3/b15-13+. The number of aromatic nitrogens is 1. The lowest BCUT2D eigenvalue weighted by Gasteiger charge is -2.16. The largest absolute Gasteiger partial charge is 0.463 e. The molecule has 1 aromatic heterocycles. The third kappa shape index (κ3) is 4.77. The molecular weight excluding hydrogens is 302 g/mol. The second-order valence-electron chi connectivity index (χ2n) is 5.57. The van der Waals surface area contributed by atoms with E-state index < -0.39 is 0 Å². The van der Waals surface area contributed by atoms with Gasteiger partial charge in [-0.2, -0.15) is 0 Å². The van der Waals surface area contributed by atoms with Crippen molar-refractivity contribution < 1.29 is 14.6 Å². The number of nitrogens with zero attached hydrogens (tertiary/aromatic N) is 1. The van der Waals surface area contributed by atoms with Crippen LogP contribution in [0.15, 0.2) is 54.4 Å². The minimum atomic E-state index is -0.296. The number of hydrogen-bond donors (Lipinski definition) is 1. The Hall–Kier alpha value is -2.46. The molecule has 1 aromatic carbocycles. The van der Waals surface area contributed by atoms with Crippen molar-refractivity contribution in [1.29, 1.82) is 0 Å². The normalized spacial score (nSPS) is 12.7. The number of esters is 1. The summed E-state index contributed by atoms with van der Waals surface area (Å²) in [4.78, 5) is 15.8. The molecule has 0 radical (unpaired) electrons. The first-order valence-corrected chi connectivity index (χ1v) is 8.11. The summed E-state index contributed by atoms with van der Waals surface area (Å²) >= 11 is 0. The van der Waals surface area contributed by atoms with Gasteiger partial charge in [-0.1, -0.05) is 30.3 Å². The Labute approximate surface area is 142 Å². The molecule has 1 N–H and O–H groups in total. The smallest absolute Gasteiger partial charge is 0.333 e. The highest BCUT2D eigenvalue weighted by Gasteiger charge is 2.14. The predicted molar refractivity (Wildman–Crippen MR) is 94.5 cm³/mol. The van der Waals surface area contributed by atoms with E-state index >= 15 is 0 Å². The zero-order valence-electron chi connectivity index (χ0n) is 14.1. The summed E-state index contributed by atoms with van der Waals surface area (Å²) in [6, 6.07) is 11.9. The molecule has 2 aromatic rings. The fraction of sp³-hybridized carbons (Fsp3) is 0.300. The molecule has 0 spiro atoms. The van der Waals surface area contributed by atoms with E-state index in [1.165, 1.54) is 0 Å². The first-order valence-electron chi connectivity index (χ1n) is 8.11. The Bertz CT molecular complexity index is 678. The number of ether oxygens (including phenoxy) is 1. The molecule has 2 rings (SSSR count). The molecule has 1 unspecified atom stereocenters. The molecule has 0 aliphatic rings. The Morgan fingerprint density at radius 1 is 1.25 bits per heavy atom. The summed E-state index contributed by atoms with van der Waals surface area (Å²) in [6.07, 6.45) is 6.03. The van der Waals surface area contributed by atoms with Crippen LogP contribution in [0.3, 0.4) is 0 Å². The molecule has 0 bridgehead atoms. The molecule has 126 valence electrons. The fourth-order valence-electron chi connectivity index (χ4n) is 2.62. The lowest BCUT2D eigenvalue weighted by Crippen LogP contribution is -2.05. The third-order valence-electron chi connectivity index (χ3n) is 3.82. The molecule has 0 fully saturated rings. The number of aliphatic hydroxyl groups is 1. The Morgan fingerprint density at radius 2 is 2.00 bits per heavy atom. The van der Waals surface area contributed by atoms with Crippen molar-refractivity contribution >= 4 is 12.0 Å². The number of rotatable bonds is 7. The number of carbonyl (C=O) groups excluding carboxylic acids is 1. The van der Waals surface area contributed by atoms with E-state index in [9.17, 15) is 9.90 Å². The van der Waals surface area contributed by atoms with Gasteiger partial charge in [0.2, 0.25) is 0 Å². The highest BCUT2D eigenvalue weighted by Crippen LogP contribution is 2.27. The second-order valence-corrected chi connectivity index (χ2v) is 5.57. The maximum Gasteiger partial charge on any atom is 0.333 e. The van der Waals surface area contributed by atoms with Crippen molar-refractivity contribution in [3.63, 3.8) is 0 Å². The monoisotopic (exact) mass is 325 g/mol. The highest BCUT2D eigenvalue weighted by atomic mass is 16.5. The van der Waals surface area contributed by atoms with Crippen molar-refractivity contribution in [3.8, 4) is 0 Å². The Balaban J connectivity index is 2.21. The van der Waals surface area contributed by atoms with Gasteiger partial charge in [0.1, 0.15) is 0 Å². The van der Waals surface area contributed by atoms with Gasteiger partial charge in [0.15, 0.2) is 0 Å². The van der Waals surface area contributed by atoms with Crippen molar-refractivity contribution in [3.05, 3.63) is 71.1 Å². The molecule has 4 nitrogen and oxygen atoms in total. The first-order chi connectivity index (χ1) is 11.7.